The molecule has 94 heavy (non-hydrogen) atoms. The maximum Gasteiger partial charge on any atom is 0.317 e. The second-order valence-corrected chi connectivity index (χ2v) is 24.4. The third-order valence-electron chi connectivity index (χ3n) is 16.0. The Balaban J connectivity index is 1.05. The van der Waals surface area contributed by atoms with Crippen molar-refractivity contribution in [1.29, 1.82) is 0 Å². The van der Waals surface area contributed by atoms with E-state index in [4.69, 9.17) is 14.2 Å². The standard InChI is InChI=1S/C62H86F2IN13O16/c1-66-36-45-35-62(63,64)42-78(45)54(81)37-69-59(89)47-13-15-67-49-12-11-46(33-48(47)49)94-30-4-17-72-26-28-77(29-27-72)61(91)51(34-58(88)92-2)71-60(90)50(14-31-93-32-16-68-52(79)6-3-5-43-7-9-44(65)10-8-43)70-53(80)38-73-18-20-74(39-55(82)83)22-24-76(41-57(86)87)25-23-75(21-19-73)40-56(84)85/h7-13,15,33,36,45,50-51H,3-6,14,16-32,34-35,37-42H2,1-2H3,(H,68,79)(H,69,89)(H,70,80)(H,71,90)(H,82,83)(H,84,85)(H,86,87)/t45-,50+,51+/m1/s1. The van der Waals surface area contributed by atoms with Crippen molar-refractivity contribution in [2.75, 3.05) is 165 Å². The maximum absolute atomic E-state index is 14.4. The SMILES string of the molecule is CN=C[C@H]1CC(F)(F)CN1C(=O)CNC(=O)c1ccnc2ccc(OCCCN3CCN(C(=O)[C@H](CC(=O)OC)NC(=O)[C@H](CCOCCNC(=O)CCCc4ccc(I)cc4)NC(=O)CN4CCN(CC(=O)O)CCN(CC(=O)O)CCN(CC(=O)O)CC4)CC3)cc12. The Bertz CT molecular complexity index is 3060. The van der Waals surface area contributed by atoms with E-state index in [2.05, 4.69) is 58.7 Å². The number of fused-ring (bicyclic) bond motifs is 1. The third kappa shape index (κ3) is 26.3. The van der Waals surface area contributed by atoms with Crippen LogP contribution in [0.3, 0.4) is 0 Å². The van der Waals surface area contributed by atoms with Crippen LogP contribution in [0.15, 0.2) is 59.7 Å². The number of aryl methyl sites for hydroxylation is 1. The van der Waals surface area contributed by atoms with Gasteiger partial charge >= 0.3 is 23.9 Å². The number of ether oxygens (including phenoxy) is 3. The van der Waals surface area contributed by atoms with Crippen LogP contribution >= 0.6 is 22.6 Å². The van der Waals surface area contributed by atoms with Crippen LogP contribution in [0.2, 0.25) is 0 Å². The van der Waals surface area contributed by atoms with Crippen LogP contribution in [0, 0.1) is 3.57 Å². The molecular weight excluding hydrogens is 1350 g/mol. The van der Waals surface area contributed by atoms with Gasteiger partial charge in [-0.05, 0) is 90.2 Å². The van der Waals surface area contributed by atoms with Crippen molar-refractivity contribution < 1.29 is 86.3 Å². The van der Waals surface area contributed by atoms with Crippen LogP contribution in [0.4, 0.5) is 8.78 Å². The molecular formula is C62H86F2IN13O16. The summed E-state index contributed by atoms with van der Waals surface area (Å²) >= 11 is 2.23. The van der Waals surface area contributed by atoms with Gasteiger partial charge in [0.1, 0.15) is 17.8 Å². The first-order valence-corrected chi connectivity index (χ1v) is 32.3. The number of aliphatic imine (C=N–C) groups is 1. The predicted octanol–water partition coefficient (Wildman–Crippen LogP) is -0.0270. The van der Waals surface area contributed by atoms with Gasteiger partial charge in [0, 0.05) is 139 Å². The second kappa shape index (κ2) is 38.7. The van der Waals surface area contributed by atoms with Crippen molar-refractivity contribution in [3.8, 4) is 5.75 Å². The zero-order valence-electron chi connectivity index (χ0n) is 53.0. The molecule has 3 fully saturated rings. The molecule has 0 bridgehead atoms. The Morgan fingerprint density at radius 3 is 1.93 bits per heavy atom. The number of alkyl halides is 2. The summed E-state index contributed by atoms with van der Waals surface area (Å²) in [4.78, 5) is 150. The second-order valence-electron chi connectivity index (χ2n) is 23.1. The van der Waals surface area contributed by atoms with Crippen LogP contribution in [-0.2, 0) is 59.0 Å². The molecule has 6 amide bonds. The third-order valence-corrected chi connectivity index (χ3v) is 16.7. The highest BCUT2D eigenvalue weighted by atomic mass is 127. The number of carbonyl (C=O) groups is 10. The molecule has 0 radical (unpaired) electrons. The van der Waals surface area contributed by atoms with Crippen molar-refractivity contribution in [3.63, 3.8) is 0 Å². The monoisotopic (exact) mass is 1430 g/mol. The molecule has 3 aliphatic rings. The number of amides is 6. The molecule has 7 N–H and O–H groups in total. The van der Waals surface area contributed by atoms with E-state index in [9.17, 15) is 72.0 Å². The van der Waals surface area contributed by atoms with Gasteiger partial charge in [-0.25, -0.2) is 8.78 Å². The van der Waals surface area contributed by atoms with Crippen LogP contribution in [0.1, 0.15) is 54.4 Å². The van der Waals surface area contributed by atoms with Crippen LogP contribution < -0.4 is 26.0 Å². The molecule has 4 heterocycles. The number of hydrogen-bond donors (Lipinski definition) is 7. The number of benzene rings is 2. The highest BCUT2D eigenvalue weighted by molar-refractivity contribution is 14.1. The van der Waals surface area contributed by atoms with E-state index in [-0.39, 0.29) is 136 Å². The fourth-order valence-electron chi connectivity index (χ4n) is 11.1. The number of aromatic nitrogens is 1. The fourth-order valence-corrected chi connectivity index (χ4v) is 11.4. The van der Waals surface area contributed by atoms with E-state index in [1.807, 2.05) is 24.3 Å². The molecule has 3 aromatic rings. The van der Waals surface area contributed by atoms with Crippen LogP contribution in [-0.4, -0.2) is 309 Å². The van der Waals surface area contributed by atoms with Crippen molar-refractivity contribution in [2.45, 2.75) is 69.0 Å². The minimum absolute atomic E-state index is 0.0558. The van der Waals surface area contributed by atoms with Crippen molar-refractivity contribution in [2.24, 2.45) is 4.99 Å². The number of rotatable bonds is 33. The normalized spacial score (nSPS) is 17.9. The summed E-state index contributed by atoms with van der Waals surface area (Å²) in [5, 5.41) is 40.2. The zero-order chi connectivity index (χ0) is 68.2. The molecule has 2 aromatic carbocycles. The average molecular weight is 1430 g/mol. The number of carbonyl (C=O) groups excluding carboxylic acids is 7. The Labute approximate surface area is 557 Å². The number of halogens is 3. The Morgan fingerprint density at radius 1 is 0.723 bits per heavy atom. The topological polar surface area (TPSA) is 355 Å². The molecule has 0 unspecified atom stereocenters. The summed E-state index contributed by atoms with van der Waals surface area (Å²) in [6.07, 6.45) is 3.69. The molecule has 0 saturated carbocycles. The van der Waals surface area contributed by atoms with Crippen molar-refractivity contribution in [3.05, 3.63) is 69.4 Å². The summed E-state index contributed by atoms with van der Waals surface area (Å²) in [5.41, 5.74) is 1.79. The van der Waals surface area contributed by atoms with Gasteiger partial charge in [0.25, 0.3) is 11.8 Å². The Kier molecular flexibility index (Phi) is 31.0. The molecule has 29 nitrogen and oxygen atoms in total. The number of methoxy groups -OCH3 is 1. The molecule has 6 rings (SSSR count). The van der Waals surface area contributed by atoms with Gasteiger partial charge in [0.05, 0.1) is 83.1 Å². The lowest BCUT2D eigenvalue weighted by Gasteiger charge is -2.36. The van der Waals surface area contributed by atoms with E-state index < -0.39 is 103 Å². The number of esters is 1. The maximum atomic E-state index is 14.4. The van der Waals surface area contributed by atoms with Gasteiger partial charge < -0.3 is 60.6 Å². The number of carboxylic acids is 3. The average Bonchev–Trinajstić information content (AvgIpc) is 1.05. The quantitative estimate of drug-likeness (QED) is 0.0182. The van der Waals surface area contributed by atoms with E-state index in [1.54, 1.807) is 37.8 Å². The smallest absolute Gasteiger partial charge is 0.317 e. The number of aliphatic carboxylic acids is 3. The molecule has 3 aliphatic heterocycles. The van der Waals surface area contributed by atoms with Crippen molar-refractivity contribution in [1.82, 2.24) is 60.6 Å². The molecule has 1 aromatic heterocycles. The minimum Gasteiger partial charge on any atom is -0.494 e. The predicted molar refractivity (Wildman–Crippen MR) is 346 cm³/mol. The first kappa shape index (κ1) is 75.4. The van der Waals surface area contributed by atoms with E-state index in [0.717, 1.165) is 27.6 Å². The van der Waals surface area contributed by atoms with E-state index in [0.29, 0.717) is 55.5 Å². The van der Waals surface area contributed by atoms with E-state index >= 15 is 0 Å². The van der Waals surface area contributed by atoms with Gasteiger partial charge in [-0.3, -0.25) is 82.4 Å². The molecule has 32 heteroatoms. The number of pyridine rings is 1. The lowest BCUT2D eigenvalue weighted by Crippen LogP contribution is -2.58. The first-order chi connectivity index (χ1) is 45.0. The van der Waals surface area contributed by atoms with Crippen LogP contribution in [0.5, 0.6) is 5.75 Å². The number of nitrogens with zero attached hydrogens (tertiary/aromatic N) is 9. The minimum atomic E-state index is -3.08. The summed E-state index contributed by atoms with van der Waals surface area (Å²) in [6.45, 7) is 0.594. The summed E-state index contributed by atoms with van der Waals surface area (Å²) < 4.78 is 46.3. The largest absolute Gasteiger partial charge is 0.494 e. The Morgan fingerprint density at radius 2 is 1.33 bits per heavy atom. The molecule has 0 aliphatic carbocycles. The molecule has 3 atom stereocenters. The summed E-state index contributed by atoms with van der Waals surface area (Å²) in [5.74, 6) is -10.3. The Hall–Kier alpha value is -7.63. The lowest BCUT2D eigenvalue weighted by atomic mass is 10.1. The molecule has 3 saturated heterocycles. The van der Waals surface area contributed by atoms with Crippen LogP contribution in [0.25, 0.3) is 10.9 Å². The first-order valence-electron chi connectivity index (χ1n) is 31.2. The van der Waals surface area contributed by atoms with Gasteiger partial charge in [-0.1, -0.05) is 12.1 Å². The number of likely N-dealkylation sites (tertiary alicyclic amines) is 1. The molecule has 516 valence electrons. The van der Waals surface area contributed by atoms with Crippen molar-refractivity contribution >= 4 is 99.0 Å². The fraction of sp³-hybridized carbons (Fsp3) is 0.581. The van der Waals surface area contributed by atoms with Gasteiger partial charge in [-0.2, -0.15) is 0 Å². The van der Waals surface area contributed by atoms with Gasteiger partial charge in [-0.15, -0.1) is 0 Å². The van der Waals surface area contributed by atoms with Gasteiger partial charge in [0.15, 0.2) is 0 Å². The summed E-state index contributed by atoms with van der Waals surface area (Å²) in [7, 11) is 2.57. The lowest BCUT2D eigenvalue weighted by molar-refractivity contribution is -0.147. The number of carboxylic acid groups (broad SMARTS) is 3. The zero-order valence-corrected chi connectivity index (χ0v) is 55.2. The number of nitrogens with one attached hydrogen (secondary N) is 4. The highest BCUT2D eigenvalue weighted by Gasteiger charge is 2.46. The number of piperazine rings is 1. The van der Waals surface area contributed by atoms with Gasteiger partial charge in [0.2, 0.25) is 29.5 Å². The highest BCUT2D eigenvalue weighted by Crippen LogP contribution is 2.31. The van der Waals surface area contributed by atoms with E-state index in [1.165, 1.54) is 30.4 Å². The number of hydrogen-bond acceptors (Lipinski definition) is 20. The summed E-state index contributed by atoms with van der Waals surface area (Å²) in [6, 6.07) is 10.9. The molecule has 0 spiro atoms.